The largest absolute Gasteiger partial charge is 0.463 e. The molecule has 5 N–H and O–H groups in total. The minimum Gasteiger partial charge on any atom is -0.463 e. The third kappa shape index (κ3) is 12.0. The van der Waals surface area contributed by atoms with Gasteiger partial charge in [0, 0.05) is 30.9 Å². The van der Waals surface area contributed by atoms with Crippen LogP contribution in [0.3, 0.4) is 0 Å². The Balaban J connectivity index is 2.23. The number of ether oxygens (including phenoxy) is 1. The van der Waals surface area contributed by atoms with Gasteiger partial charge in [-0.25, -0.2) is 4.79 Å². The standard InChI is InChI=1S/C30H44N4O6/c1-4-40-27(36)17-15-23(14-16-26(31)35)32-29(38)25(19-21-10-6-5-7-11-21)34-30(39)24(18-20(2)3)33-28(37)22-12-8-9-13-22/h5-7,10-11,15,17,20,22-25H,4,8-9,12-14,16,18-19H2,1-3H3,(H2,31,35)(H,32,38)(H,33,37)(H,34,39)/b17-15+/t23-,24-,25-/m0/s1. The fourth-order valence-corrected chi connectivity index (χ4v) is 4.69. The van der Waals surface area contributed by atoms with Crippen LogP contribution in [0.1, 0.15) is 71.3 Å². The van der Waals surface area contributed by atoms with E-state index in [1.54, 1.807) is 6.92 Å². The molecule has 1 aliphatic rings. The molecule has 1 aromatic rings. The Morgan fingerprint density at radius 2 is 1.62 bits per heavy atom. The topological polar surface area (TPSA) is 157 Å². The van der Waals surface area contributed by atoms with Crippen molar-refractivity contribution >= 4 is 29.6 Å². The lowest BCUT2D eigenvalue weighted by Crippen LogP contribution is -2.56. The van der Waals surface area contributed by atoms with Crippen LogP contribution in [0.4, 0.5) is 0 Å². The highest BCUT2D eigenvalue weighted by molar-refractivity contribution is 5.93. The molecule has 10 nitrogen and oxygen atoms in total. The van der Waals surface area contributed by atoms with E-state index in [9.17, 15) is 24.0 Å². The molecule has 1 aromatic carbocycles. The van der Waals surface area contributed by atoms with Gasteiger partial charge < -0.3 is 26.4 Å². The van der Waals surface area contributed by atoms with Gasteiger partial charge in [0.25, 0.3) is 0 Å². The molecule has 0 aliphatic heterocycles. The van der Waals surface area contributed by atoms with Crippen molar-refractivity contribution < 1.29 is 28.7 Å². The van der Waals surface area contributed by atoms with E-state index in [1.807, 2.05) is 44.2 Å². The molecule has 40 heavy (non-hydrogen) atoms. The van der Waals surface area contributed by atoms with E-state index in [-0.39, 0.29) is 43.6 Å². The molecule has 0 saturated heterocycles. The summed E-state index contributed by atoms with van der Waals surface area (Å²) in [6.45, 7) is 5.81. The first-order valence-electron chi connectivity index (χ1n) is 14.2. The van der Waals surface area contributed by atoms with Crippen LogP contribution in [-0.4, -0.2) is 54.3 Å². The first-order valence-corrected chi connectivity index (χ1v) is 14.2. The van der Waals surface area contributed by atoms with E-state index in [2.05, 4.69) is 16.0 Å². The molecule has 0 bridgehead atoms. The van der Waals surface area contributed by atoms with Crippen molar-refractivity contribution in [2.75, 3.05) is 6.61 Å². The van der Waals surface area contributed by atoms with Gasteiger partial charge in [0.1, 0.15) is 12.1 Å². The number of carbonyl (C=O) groups excluding carboxylic acids is 5. The highest BCUT2D eigenvalue weighted by Crippen LogP contribution is 2.25. The molecule has 0 heterocycles. The van der Waals surface area contributed by atoms with Crippen molar-refractivity contribution in [3.63, 3.8) is 0 Å². The number of primary amides is 1. The zero-order chi connectivity index (χ0) is 29.5. The van der Waals surface area contributed by atoms with Gasteiger partial charge in [-0.05, 0) is 44.1 Å². The summed E-state index contributed by atoms with van der Waals surface area (Å²) >= 11 is 0. The molecule has 1 saturated carbocycles. The minimum absolute atomic E-state index is 0.0164. The average molecular weight is 557 g/mol. The normalized spacial score (nSPS) is 15.8. The van der Waals surface area contributed by atoms with Gasteiger partial charge in [-0.15, -0.1) is 0 Å². The minimum atomic E-state index is -0.972. The van der Waals surface area contributed by atoms with Crippen LogP contribution in [0.15, 0.2) is 42.5 Å². The van der Waals surface area contributed by atoms with Crippen LogP contribution in [0.25, 0.3) is 0 Å². The first kappa shape index (κ1) is 32.5. The fourth-order valence-electron chi connectivity index (χ4n) is 4.69. The Morgan fingerprint density at radius 1 is 0.975 bits per heavy atom. The quantitative estimate of drug-likeness (QED) is 0.181. The van der Waals surface area contributed by atoms with E-state index in [1.165, 1.54) is 12.2 Å². The Morgan fingerprint density at radius 3 is 2.23 bits per heavy atom. The van der Waals surface area contributed by atoms with Crippen LogP contribution >= 0.6 is 0 Å². The summed E-state index contributed by atoms with van der Waals surface area (Å²) in [5.41, 5.74) is 6.13. The summed E-state index contributed by atoms with van der Waals surface area (Å²) in [5, 5.41) is 8.59. The van der Waals surface area contributed by atoms with Crippen LogP contribution in [0, 0.1) is 11.8 Å². The van der Waals surface area contributed by atoms with Gasteiger partial charge in [-0.1, -0.05) is 63.1 Å². The summed E-state index contributed by atoms with van der Waals surface area (Å²) in [4.78, 5) is 63.1. The van der Waals surface area contributed by atoms with Gasteiger partial charge >= 0.3 is 5.97 Å². The molecular formula is C30H44N4O6. The van der Waals surface area contributed by atoms with Crippen molar-refractivity contribution in [3.05, 3.63) is 48.0 Å². The highest BCUT2D eigenvalue weighted by atomic mass is 16.5. The van der Waals surface area contributed by atoms with E-state index >= 15 is 0 Å². The molecule has 2 rings (SSSR count). The molecule has 1 aliphatic carbocycles. The molecule has 0 unspecified atom stereocenters. The maximum Gasteiger partial charge on any atom is 0.330 e. The molecule has 0 radical (unpaired) electrons. The molecular weight excluding hydrogens is 512 g/mol. The summed E-state index contributed by atoms with van der Waals surface area (Å²) in [6.07, 6.45) is 7.04. The van der Waals surface area contributed by atoms with Gasteiger partial charge in [0.2, 0.25) is 23.6 Å². The maximum atomic E-state index is 13.5. The number of carbonyl (C=O) groups is 5. The lowest BCUT2D eigenvalue weighted by Gasteiger charge is -2.26. The summed E-state index contributed by atoms with van der Waals surface area (Å²) in [6, 6.07) is 6.78. The van der Waals surface area contributed by atoms with Gasteiger partial charge in [-0.2, -0.15) is 0 Å². The lowest BCUT2D eigenvalue weighted by molar-refractivity contribution is -0.137. The van der Waals surface area contributed by atoms with E-state index in [4.69, 9.17) is 10.5 Å². The molecule has 0 spiro atoms. The monoisotopic (exact) mass is 556 g/mol. The number of benzene rings is 1. The number of hydrogen-bond donors (Lipinski definition) is 4. The van der Waals surface area contributed by atoms with Crippen molar-refractivity contribution in [2.24, 2.45) is 17.6 Å². The highest BCUT2D eigenvalue weighted by Gasteiger charge is 2.31. The Labute approximate surface area is 236 Å². The summed E-state index contributed by atoms with van der Waals surface area (Å²) < 4.78 is 4.91. The van der Waals surface area contributed by atoms with Crippen molar-refractivity contribution in [1.82, 2.24) is 16.0 Å². The molecule has 220 valence electrons. The molecule has 10 heteroatoms. The smallest absolute Gasteiger partial charge is 0.330 e. The Bertz CT molecular complexity index is 1020. The number of esters is 1. The van der Waals surface area contributed by atoms with E-state index in [0.29, 0.717) is 6.42 Å². The van der Waals surface area contributed by atoms with Crippen LogP contribution in [0.5, 0.6) is 0 Å². The molecule has 4 amide bonds. The third-order valence-electron chi connectivity index (χ3n) is 6.76. The van der Waals surface area contributed by atoms with E-state index in [0.717, 1.165) is 31.2 Å². The zero-order valence-corrected chi connectivity index (χ0v) is 23.8. The number of rotatable bonds is 16. The van der Waals surface area contributed by atoms with Crippen LogP contribution in [-0.2, 0) is 35.1 Å². The molecule has 1 fully saturated rings. The van der Waals surface area contributed by atoms with Crippen LogP contribution in [0.2, 0.25) is 0 Å². The second kappa shape index (κ2) is 17.1. The predicted molar refractivity (Wildman–Crippen MR) is 152 cm³/mol. The Kier molecular flexibility index (Phi) is 13.9. The number of nitrogens with two attached hydrogens (primary N) is 1. The Hall–Kier alpha value is -3.69. The fraction of sp³-hybridized carbons (Fsp3) is 0.567. The van der Waals surface area contributed by atoms with Gasteiger partial charge in [0.05, 0.1) is 6.61 Å². The maximum absolute atomic E-state index is 13.5. The second-order valence-electron chi connectivity index (χ2n) is 10.7. The average Bonchev–Trinajstić information content (AvgIpc) is 3.45. The first-order chi connectivity index (χ1) is 19.1. The van der Waals surface area contributed by atoms with Crippen molar-refractivity contribution in [2.45, 2.75) is 90.3 Å². The second-order valence-corrected chi connectivity index (χ2v) is 10.7. The summed E-state index contributed by atoms with van der Waals surface area (Å²) in [5.74, 6) is -2.15. The third-order valence-corrected chi connectivity index (χ3v) is 6.76. The molecule has 3 atom stereocenters. The number of amides is 4. The SMILES string of the molecule is CCOC(=O)/C=C/[C@H](CCC(N)=O)NC(=O)[C@H](Cc1ccccc1)NC(=O)[C@H](CC(C)C)NC(=O)C1CCCC1. The predicted octanol–water partition coefficient (Wildman–Crippen LogP) is 2.30. The van der Waals surface area contributed by atoms with Gasteiger partial charge in [0.15, 0.2) is 0 Å². The number of nitrogens with one attached hydrogen (secondary N) is 3. The summed E-state index contributed by atoms with van der Waals surface area (Å²) in [7, 11) is 0. The lowest BCUT2D eigenvalue weighted by atomic mass is 9.99. The molecule has 0 aromatic heterocycles. The van der Waals surface area contributed by atoms with Gasteiger partial charge in [-0.3, -0.25) is 19.2 Å². The van der Waals surface area contributed by atoms with Crippen molar-refractivity contribution in [1.29, 1.82) is 0 Å². The number of hydrogen-bond acceptors (Lipinski definition) is 6. The van der Waals surface area contributed by atoms with Crippen molar-refractivity contribution in [3.8, 4) is 0 Å². The van der Waals surface area contributed by atoms with Crippen LogP contribution < -0.4 is 21.7 Å². The van der Waals surface area contributed by atoms with E-state index < -0.39 is 41.8 Å². The zero-order valence-electron chi connectivity index (χ0n) is 23.8.